The molecule has 0 saturated carbocycles. The van der Waals surface area contributed by atoms with Crippen LogP contribution in [0.3, 0.4) is 0 Å². The Morgan fingerprint density at radius 1 is 1.50 bits per heavy atom. The topological polar surface area (TPSA) is 86.9 Å². The van der Waals surface area contributed by atoms with Crippen LogP contribution in [0.25, 0.3) is 0 Å². The third-order valence-electron chi connectivity index (χ3n) is 3.17. The number of aromatic nitrogens is 2. The van der Waals surface area contributed by atoms with E-state index in [0.29, 0.717) is 6.54 Å². The average Bonchev–Trinajstić information content (AvgIpc) is 2.55. The van der Waals surface area contributed by atoms with E-state index in [2.05, 4.69) is 4.98 Å². The summed E-state index contributed by atoms with van der Waals surface area (Å²) in [6.45, 7) is 2.40. The molecule has 0 spiro atoms. The van der Waals surface area contributed by atoms with Gasteiger partial charge in [-0.3, -0.25) is 4.79 Å². The lowest BCUT2D eigenvalue weighted by atomic mass is 10.0. The van der Waals surface area contributed by atoms with E-state index in [0.717, 1.165) is 18.7 Å². The highest BCUT2D eigenvalue weighted by Gasteiger charge is 2.20. The van der Waals surface area contributed by atoms with Gasteiger partial charge in [-0.25, -0.2) is 4.98 Å². The molecule has 1 aromatic heterocycles. The zero-order valence-corrected chi connectivity index (χ0v) is 9.57. The number of hydrogen-bond acceptors (Lipinski definition) is 3. The molecule has 5 nitrogen and oxygen atoms in total. The zero-order chi connectivity index (χ0) is 11.7. The third-order valence-corrected chi connectivity index (χ3v) is 3.17. The summed E-state index contributed by atoms with van der Waals surface area (Å²) in [5.74, 6) is 0.473. The van der Waals surface area contributed by atoms with Crippen molar-refractivity contribution in [3.63, 3.8) is 0 Å². The normalized spacial score (nSPS) is 16.9. The van der Waals surface area contributed by atoms with E-state index in [4.69, 9.17) is 11.5 Å². The van der Waals surface area contributed by atoms with E-state index >= 15 is 0 Å². The minimum Gasteiger partial charge on any atom is -0.368 e. The molecule has 1 heterocycles. The first-order valence-electron chi connectivity index (χ1n) is 5.69. The number of imidazole rings is 1. The average molecular weight is 222 g/mol. The summed E-state index contributed by atoms with van der Waals surface area (Å²) in [5, 5.41) is 0. The maximum atomic E-state index is 11.0. The number of aryl methyl sites for hydroxylation is 2. The molecule has 0 radical (unpaired) electrons. The lowest BCUT2D eigenvalue weighted by Crippen LogP contribution is -2.40. The number of hydrogen-bond donors (Lipinski definition) is 2. The molecule has 5 heteroatoms. The van der Waals surface area contributed by atoms with Crippen LogP contribution in [0.15, 0.2) is 0 Å². The number of amides is 1. The van der Waals surface area contributed by atoms with Gasteiger partial charge in [0.05, 0.1) is 5.69 Å². The van der Waals surface area contributed by atoms with Crippen molar-refractivity contribution in [1.82, 2.24) is 9.55 Å². The van der Waals surface area contributed by atoms with Crippen LogP contribution in [0.4, 0.5) is 0 Å². The van der Waals surface area contributed by atoms with Crippen LogP contribution in [-0.2, 0) is 24.2 Å². The van der Waals surface area contributed by atoms with Gasteiger partial charge in [-0.05, 0) is 32.6 Å². The predicted molar refractivity (Wildman–Crippen MR) is 60.8 cm³/mol. The van der Waals surface area contributed by atoms with Gasteiger partial charge in [0.15, 0.2) is 0 Å². The largest absolute Gasteiger partial charge is 0.368 e. The molecule has 16 heavy (non-hydrogen) atoms. The molecule has 4 N–H and O–H groups in total. The lowest BCUT2D eigenvalue weighted by molar-refractivity contribution is -0.119. The number of nitrogens with zero attached hydrogens (tertiary/aromatic N) is 2. The second-order valence-electron chi connectivity index (χ2n) is 4.38. The van der Waals surface area contributed by atoms with E-state index in [9.17, 15) is 4.79 Å². The fourth-order valence-electron chi connectivity index (χ4n) is 2.26. The van der Waals surface area contributed by atoms with Crippen LogP contribution in [0.5, 0.6) is 0 Å². The molecule has 1 atom stereocenters. The minimum atomic E-state index is -0.626. The van der Waals surface area contributed by atoms with E-state index in [-0.39, 0.29) is 0 Å². The fourth-order valence-corrected chi connectivity index (χ4v) is 2.26. The van der Waals surface area contributed by atoms with Gasteiger partial charge in [0.2, 0.25) is 5.91 Å². The first-order chi connectivity index (χ1) is 7.59. The molecule has 1 aliphatic rings. The Morgan fingerprint density at radius 2 is 2.19 bits per heavy atom. The molecule has 0 bridgehead atoms. The third kappa shape index (κ3) is 1.95. The molecule has 0 saturated heterocycles. The SMILES string of the molecule is Cc1nc2c(n1CC(N)C(N)=O)CCCC2. The number of primary amides is 1. The Hall–Kier alpha value is -1.36. The van der Waals surface area contributed by atoms with E-state index in [1.165, 1.54) is 24.2 Å². The maximum absolute atomic E-state index is 11.0. The Bertz CT molecular complexity index is 410. The minimum absolute atomic E-state index is 0.448. The maximum Gasteiger partial charge on any atom is 0.236 e. The monoisotopic (exact) mass is 222 g/mol. The molecule has 2 rings (SSSR count). The first-order valence-corrected chi connectivity index (χ1v) is 5.69. The van der Waals surface area contributed by atoms with Crippen LogP contribution in [-0.4, -0.2) is 21.5 Å². The second-order valence-corrected chi connectivity index (χ2v) is 4.38. The zero-order valence-electron chi connectivity index (χ0n) is 9.57. The number of carbonyl (C=O) groups excluding carboxylic acids is 1. The van der Waals surface area contributed by atoms with Crippen molar-refractivity contribution in [2.24, 2.45) is 11.5 Å². The quantitative estimate of drug-likeness (QED) is 0.747. The van der Waals surface area contributed by atoms with Crippen molar-refractivity contribution in [1.29, 1.82) is 0 Å². The van der Waals surface area contributed by atoms with E-state index < -0.39 is 11.9 Å². The molecule has 1 aliphatic carbocycles. The smallest absolute Gasteiger partial charge is 0.236 e. The Kier molecular flexibility index (Phi) is 2.96. The summed E-state index contributed by atoms with van der Waals surface area (Å²) in [7, 11) is 0. The standard InChI is InChI=1S/C11H18N4O/c1-7-14-9-4-2-3-5-10(9)15(7)6-8(12)11(13)16/h8H,2-6,12H2,1H3,(H2,13,16). The van der Waals surface area contributed by atoms with Gasteiger partial charge in [0.25, 0.3) is 0 Å². The molecular weight excluding hydrogens is 204 g/mol. The van der Waals surface area contributed by atoms with Crippen molar-refractivity contribution in [3.05, 3.63) is 17.2 Å². The van der Waals surface area contributed by atoms with Gasteiger partial charge < -0.3 is 16.0 Å². The van der Waals surface area contributed by atoms with E-state index in [1.54, 1.807) is 0 Å². The second kappa shape index (κ2) is 4.25. The number of fused-ring (bicyclic) bond motifs is 1. The lowest BCUT2D eigenvalue weighted by Gasteiger charge is -2.16. The summed E-state index contributed by atoms with van der Waals surface area (Å²) in [6, 6.07) is -0.626. The van der Waals surface area contributed by atoms with Gasteiger partial charge in [0, 0.05) is 12.2 Å². The predicted octanol–water partition coefficient (Wildman–Crippen LogP) is -0.117. The number of nitrogens with two attached hydrogens (primary N) is 2. The highest BCUT2D eigenvalue weighted by atomic mass is 16.1. The first kappa shape index (κ1) is 11.1. The Balaban J connectivity index is 2.26. The molecule has 1 aromatic rings. The van der Waals surface area contributed by atoms with Gasteiger partial charge in [-0.2, -0.15) is 0 Å². The fraction of sp³-hybridized carbons (Fsp3) is 0.636. The van der Waals surface area contributed by atoms with Gasteiger partial charge in [0.1, 0.15) is 11.9 Å². The van der Waals surface area contributed by atoms with Crippen LogP contribution >= 0.6 is 0 Å². The van der Waals surface area contributed by atoms with Crippen molar-refractivity contribution in [2.45, 2.75) is 45.2 Å². The Labute approximate surface area is 94.8 Å². The van der Waals surface area contributed by atoms with Crippen LogP contribution in [0, 0.1) is 6.92 Å². The summed E-state index contributed by atoms with van der Waals surface area (Å²) >= 11 is 0. The molecule has 1 unspecified atom stereocenters. The summed E-state index contributed by atoms with van der Waals surface area (Å²) in [4.78, 5) is 15.5. The summed E-state index contributed by atoms with van der Waals surface area (Å²) < 4.78 is 2.05. The molecule has 88 valence electrons. The highest BCUT2D eigenvalue weighted by Crippen LogP contribution is 2.22. The molecule has 1 amide bonds. The molecule has 0 aliphatic heterocycles. The molecule has 0 fully saturated rings. The van der Waals surface area contributed by atoms with E-state index in [1.807, 2.05) is 11.5 Å². The Morgan fingerprint density at radius 3 is 2.88 bits per heavy atom. The highest BCUT2D eigenvalue weighted by molar-refractivity contribution is 5.79. The van der Waals surface area contributed by atoms with Gasteiger partial charge in [-0.15, -0.1) is 0 Å². The van der Waals surface area contributed by atoms with Crippen molar-refractivity contribution < 1.29 is 4.79 Å². The summed E-state index contributed by atoms with van der Waals surface area (Å²) in [6.07, 6.45) is 4.45. The number of rotatable bonds is 3. The van der Waals surface area contributed by atoms with Crippen molar-refractivity contribution in [2.75, 3.05) is 0 Å². The van der Waals surface area contributed by atoms with Crippen LogP contribution < -0.4 is 11.5 Å². The van der Waals surface area contributed by atoms with Crippen molar-refractivity contribution in [3.8, 4) is 0 Å². The van der Waals surface area contributed by atoms with Crippen LogP contribution in [0.1, 0.15) is 30.1 Å². The molecule has 0 aromatic carbocycles. The summed E-state index contributed by atoms with van der Waals surface area (Å²) in [5.41, 5.74) is 13.3. The number of carbonyl (C=O) groups is 1. The van der Waals surface area contributed by atoms with Gasteiger partial charge in [-0.1, -0.05) is 0 Å². The van der Waals surface area contributed by atoms with Crippen molar-refractivity contribution >= 4 is 5.91 Å². The molecular formula is C11H18N4O. The van der Waals surface area contributed by atoms with Crippen LogP contribution in [0.2, 0.25) is 0 Å². The van der Waals surface area contributed by atoms with Gasteiger partial charge >= 0.3 is 0 Å².